The highest BCUT2D eigenvalue weighted by Gasteiger charge is 2.24. The third-order valence-corrected chi connectivity index (χ3v) is 5.04. The van der Waals surface area contributed by atoms with Crippen molar-refractivity contribution >= 4 is 17.5 Å². The smallest absolute Gasteiger partial charge is 0.253 e. The molecule has 1 heterocycles. The molecule has 0 spiro atoms. The first-order chi connectivity index (χ1) is 12.2. The number of carbonyl (C=O) groups excluding carboxylic acids is 1. The predicted molar refractivity (Wildman–Crippen MR) is 101 cm³/mol. The molecule has 2 aromatic rings. The fraction of sp³-hybridized carbons (Fsp3) is 0.381. The summed E-state index contributed by atoms with van der Waals surface area (Å²) >= 11 is 6.21. The number of rotatable bonds is 5. The summed E-state index contributed by atoms with van der Waals surface area (Å²) in [6.07, 6.45) is 3.19. The molecular weight excluding hydrogens is 334 g/mol. The van der Waals surface area contributed by atoms with Crippen LogP contribution in [-0.4, -0.2) is 30.5 Å². The van der Waals surface area contributed by atoms with E-state index < -0.39 is 0 Å². The van der Waals surface area contributed by atoms with Crippen LogP contribution in [0.1, 0.15) is 35.7 Å². The van der Waals surface area contributed by atoms with E-state index in [-0.39, 0.29) is 5.91 Å². The summed E-state index contributed by atoms with van der Waals surface area (Å²) in [5.74, 6) is 1.33. The molecule has 0 bridgehead atoms. The Labute approximate surface area is 154 Å². The lowest BCUT2D eigenvalue weighted by Gasteiger charge is -2.32. The van der Waals surface area contributed by atoms with Gasteiger partial charge in [0.05, 0.1) is 11.6 Å². The molecule has 2 aromatic carbocycles. The highest BCUT2D eigenvalue weighted by molar-refractivity contribution is 6.32. The summed E-state index contributed by atoms with van der Waals surface area (Å²) in [5.41, 5.74) is 2.01. The molecule has 3 rings (SSSR count). The van der Waals surface area contributed by atoms with Gasteiger partial charge < -0.3 is 9.64 Å². The Morgan fingerprint density at radius 1 is 1.16 bits per heavy atom. The van der Waals surface area contributed by atoms with Gasteiger partial charge in [-0.2, -0.15) is 0 Å². The number of likely N-dealkylation sites (tertiary alicyclic amines) is 1. The van der Waals surface area contributed by atoms with Crippen molar-refractivity contribution < 1.29 is 9.53 Å². The summed E-state index contributed by atoms with van der Waals surface area (Å²) in [6.45, 7) is 4.08. The monoisotopic (exact) mass is 357 g/mol. The average molecular weight is 358 g/mol. The largest absolute Gasteiger partial charge is 0.492 e. The van der Waals surface area contributed by atoms with Gasteiger partial charge in [0.25, 0.3) is 5.91 Å². The van der Waals surface area contributed by atoms with Crippen molar-refractivity contribution in [3.63, 3.8) is 0 Å². The number of hydrogen-bond acceptors (Lipinski definition) is 2. The molecule has 25 heavy (non-hydrogen) atoms. The van der Waals surface area contributed by atoms with E-state index >= 15 is 0 Å². The first-order valence-corrected chi connectivity index (χ1v) is 9.30. The molecule has 4 heteroatoms. The van der Waals surface area contributed by atoms with Crippen molar-refractivity contribution in [3.8, 4) is 5.75 Å². The topological polar surface area (TPSA) is 29.5 Å². The van der Waals surface area contributed by atoms with E-state index in [9.17, 15) is 4.79 Å². The lowest BCUT2D eigenvalue weighted by atomic mass is 9.90. The molecule has 0 N–H and O–H groups in total. The van der Waals surface area contributed by atoms with Crippen LogP contribution in [0.5, 0.6) is 5.75 Å². The van der Waals surface area contributed by atoms with E-state index in [1.807, 2.05) is 17.9 Å². The van der Waals surface area contributed by atoms with Crippen molar-refractivity contribution in [1.29, 1.82) is 0 Å². The van der Waals surface area contributed by atoms with Gasteiger partial charge in [0.15, 0.2) is 0 Å². The van der Waals surface area contributed by atoms with Crippen LogP contribution in [0.2, 0.25) is 5.02 Å². The van der Waals surface area contributed by atoms with Crippen LogP contribution in [0, 0.1) is 5.92 Å². The van der Waals surface area contributed by atoms with E-state index in [0.29, 0.717) is 28.9 Å². The lowest BCUT2D eigenvalue weighted by molar-refractivity contribution is 0.0690. The second-order valence-electron chi connectivity index (χ2n) is 6.50. The quantitative estimate of drug-likeness (QED) is 0.766. The first-order valence-electron chi connectivity index (χ1n) is 8.93. The molecule has 132 valence electrons. The molecular formula is C21H24ClNO2. The van der Waals surface area contributed by atoms with Crippen molar-refractivity contribution in [3.05, 3.63) is 64.7 Å². The summed E-state index contributed by atoms with van der Waals surface area (Å²) in [7, 11) is 0. The Hall–Kier alpha value is -2.00. The van der Waals surface area contributed by atoms with Crippen LogP contribution in [0.4, 0.5) is 0 Å². The average Bonchev–Trinajstić information content (AvgIpc) is 2.64. The number of nitrogens with zero attached hydrogens (tertiary/aromatic N) is 1. The molecule has 1 aliphatic heterocycles. The van der Waals surface area contributed by atoms with E-state index in [4.69, 9.17) is 16.3 Å². The van der Waals surface area contributed by atoms with Crippen LogP contribution in [0.15, 0.2) is 48.5 Å². The number of halogens is 1. The fourth-order valence-electron chi connectivity index (χ4n) is 3.38. The number of hydrogen-bond donors (Lipinski definition) is 0. The second-order valence-corrected chi connectivity index (χ2v) is 6.91. The highest BCUT2D eigenvalue weighted by Crippen LogP contribution is 2.27. The normalized spacial score (nSPS) is 15.2. The maximum atomic E-state index is 12.7. The van der Waals surface area contributed by atoms with E-state index in [1.165, 1.54) is 5.56 Å². The molecule has 1 aliphatic rings. The third kappa shape index (κ3) is 4.55. The fourth-order valence-corrected chi connectivity index (χ4v) is 3.61. The molecule has 1 amide bonds. The molecule has 0 saturated carbocycles. The number of amides is 1. The van der Waals surface area contributed by atoms with Crippen molar-refractivity contribution in [2.24, 2.45) is 5.92 Å². The Balaban J connectivity index is 1.57. The Kier molecular flexibility index (Phi) is 5.98. The van der Waals surface area contributed by atoms with Crippen molar-refractivity contribution in [2.45, 2.75) is 26.2 Å². The number of carbonyl (C=O) groups is 1. The van der Waals surface area contributed by atoms with Crippen LogP contribution >= 0.6 is 11.6 Å². The zero-order valence-electron chi connectivity index (χ0n) is 14.6. The molecule has 1 saturated heterocycles. The van der Waals surface area contributed by atoms with Crippen LogP contribution in [0.3, 0.4) is 0 Å². The molecule has 3 nitrogen and oxygen atoms in total. The Morgan fingerprint density at radius 2 is 1.88 bits per heavy atom. The van der Waals surface area contributed by atoms with Crippen molar-refractivity contribution in [2.75, 3.05) is 19.7 Å². The minimum atomic E-state index is 0.0584. The van der Waals surface area contributed by atoms with Gasteiger partial charge in [0.2, 0.25) is 0 Å². The Bertz CT molecular complexity index is 709. The molecule has 1 fully saturated rings. The van der Waals surface area contributed by atoms with Gasteiger partial charge in [0.1, 0.15) is 5.75 Å². The maximum Gasteiger partial charge on any atom is 0.253 e. The molecule has 0 aliphatic carbocycles. The molecule has 0 aromatic heterocycles. The maximum absolute atomic E-state index is 12.7. The number of piperidine rings is 1. The van der Waals surface area contributed by atoms with Gasteiger partial charge in [-0.3, -0.25) is 4.79 Å². The number of benzene rings is 2. The van der Waals surface area contributed by atoms with Gasteiger partial charge in [-0.1, -0.05) is 41.9 Å². The standard InChI is InChI=1S/C21H24ClNO2/c1-2-25-20-9-8-18(15-19(20)22)21(24)23-12-10-17(11-13-23)14-16-6-4-3-5-7-16/h3-9,15,17H,2,10-14H2,1H3. The summed E-state index contributed by atoms with van der Waals surface area (Å²) in [5, 5.41) is 0.492. The third-order valence-electron chi connectivity index (χ3n) is 4.75. The highest BCUT2D eigenvalue weighted by atomic mass is 35.5. The van der Waals surface area contributed by atoms with Gasteiger partial charge >= 0.3 is 0 Å². The van der Waals surface area contributed by atoms with Gasteiger partial charge in [-0.05, 0) is 55.9 Å². The first kappa shape index (κ1) is 17.8. The molecule has 0 unspecified atom stereocenters. The van der Waals surface area contributed by atoms with E-state index in [1.54, 1.807) is 18.2 Å². The zero-order chi connectivity index (χ0) is 17.6. The van der Waals surface area contributed by atoms with Crippen LogP contribution in [-0.2, 0) is 6.42 Å². The van der Waals surface area contributed by atoms with E-state index in [0.717, 1.165) is 32.4 Å². The van der Waals surface area contributed by atoms with Gasteiger partial charge in [-0.25, -0.2) is 0 Å². The molecule has 0 radical (unpaired) electrons. The summed E-state index contributed by atoms with van der Waals surface area (Å²) in [6, 6.07) is 15.9. The van der Waals surface area contributed by atoms with Gasteiger partial charge in [0, 0.05) is 18.7 Å². The summed E-state index contributed by atoms with van der Waals surface area (Å²) < 4.78 is 5.43. The van der Waals surface area contributed by atoms with Crippen LogP contribution in [0.25, 0.3) is 0 Å². The number of ether oxygens (including phenoxy) is 1. The van der Waals surface area contributed by atoms with Crippen molar-refractivity contribution in [1.82, 2.24) is 4.90 Å². The zero-order valence-corrected chi connectivity index (χ0v) is 15.3. The minimum Gasteiger partial charge on any atom is -0.492 e. The SMILES string of the molecule is CCOc1ccc(C(=O)N2CCC(Cc3ccccc3)CC2)cc1Cl. The van der Waals surface area contributed by atoms with Crippen LogP contribution < -0.4 is 4.74 Å². The minimum absolute atomic E-state index is 0.0584. The lowest BCUT2D eigenvalue weighted by Crippen LogP contribution is -2.38. The Morgan fingerprint density at radius 3 is 2.52 bits per heavy atom. The second kappa shape index (κ2) is 8.39. The van der Waals surface area contributed by atoms with E-state index in [2.05, 4.69) is 24.3 Å². The van der Waals surface area contributed by atoms with Gasteiger partial charge in [-0.15, -0.1) is 0 Å². The molecule has 0 atom stereocenters. The predicted octanol–water partition coefficient (Wildman–Crippen LogP) is 4.83. The summed E-state index contributed by atoms with van der Waals surface area (Å²) in [4.78, 5) is 14.7.